The number of hydrogen-bond donors (Lipinski definition) is 2. The van der Waals surface area contributed by atoms with Crippen LogP contribution in [0.25, 0.3) is 0 Å². The van der Waals surface area contributed by atoms with Crippen LogP contribution in [-0.4, -0.2) is 30.1 Å². The Hall–Kier alpha value is -1.36. The third kappa shape index (κ3) is 4.35. The molecule has 4 nitrogen and oxygen atoms in total. The molecule has 1 amide bonds. The lowest BCUT2D eigenvalue weighted by Crippen LogP contribution is -2.36. The predicted molar refractivity (Wildman–Crippen MR) is 79.4 cm³/mol. The molecule has 2 rings (SSSR count). The molecule has 19 heavy (non-hydrogen) atoms. The first kappa shape index (κ1) is 14.1. The number of hydrogen-bond acceptors (Lipinski definition) is 4. The summed E-state index contributed by atoms with van der Waals surface area (Å²) < 4.78 is 5.41. The third-order valence-corrected chi connectivity index (χ3v) is 4.41. The molecule has 104 valence electrons. The van der Waals surface area contributed by atoms with Crippen molar-refractivity contribution in [2.75, 3.05) is 18.6 Å². The van der Waals surface area contributed by atoms with Gasteiger partial charge in [-0.25, -0.2) is 0 Å². The standard InChI is InChI=1S/C14H20N2O2S/c1-19-13-6-5-11(8-13)16-14(17)9-18-12-4-2-3-10(15)7-12/h2-4,7,11,13H,5-6,8-9,15H2,1H3,(H,16,17). The Balaban J connectivity index is 1.73. The number of carbonyl (C=O) groups is 1. The molecule has 0 aliphatic heterocycles. The van der Waals surface area contributed by atoms with E-state index in [2.05, 4.69) is 11.6 Å². The van der Waals surface area contributed by atoms with Crippen molar-refractivity contribution in [3.63, 3.8) is 0 Å². The lowest BCUT2D eigenvalue weighted by Gasteiger charge is -2.13. The van der Waals surface area contributed by atoms with Gasteiger partial charge in [0.05, 0.1) is 0 Å². The fraction of sp³-hybridized carbons (Fsp3) is 0.500. The molecule has 1 aliphatic rings. The van der Waals surface area contributed by atoms with E-state index in [9.17, 15) is 4.79 Å². The molecule has 0 spiro atoms. The van der Waals surface area contributed by atoms with Crippen LogP contribution >= 0.6 is 11.8 Å². The first-order valence-corrected chi connectivity index (χ1v) is 7.76. The number of nitrogens with two attached hydrogens (primary N) is 1. The van der Waals surface area contributed by atoms with E-state index in [4.69, 9.17) is 10.5 Å². The zero-order chi connectivity index (χ0) is 13.7. The second-order valence-corrected chi connectivity index (χ2v) is 5.93. The molecule has 1 aromatic carbocycles. The highest BCUT2D eigenvalue weighted by molar-refractivity contribution is 7.99. The topological polar surface area (TPSA) is 64.3 Å². The minimum Gasteiger partial charge on any atom is -0.484 e. The number of rotatable bonds is 5. The van der Waals surface area contributed by atoms with E-state index in [1.807, 2.05) is 17.8 Å². The molecular formula is C14H20N2O2S. The maximum Gasteiger partial charge on any atom is 0.258 e. The van der Waals surface area contributed by atoms with Crippen LogP contribution in [0.1, 0.15) is 19.3 Å². The van der Waals surface area contributed by atoms with Gasteiger partial charge in [-0.1, -0.05) is 6.07 Å². The van der Waals surface area contributed by atoms with Crippen molar-refractivity contribution in [2.45, 2.75) is 30.6 Å². The van der Waals surface area contributed by atoms with E-state index in [1.165, 1.54) is 6.42 Å². The normalized spacial score (nSPS) is 22.2. The van der Waals surface area contributed by atoms with Crippen LogP contribution in [0, 0.1) is 0 Å². The fourth-order valence-electron chi connectivity index (χ4n) is 2.31. The van der Waals surface area contributed by atoms with Gasteiger partial charge in [0.2, 0.25) is 0 Å². The number of nitrogens with one attached hydrogen (secondary N) is 1. The highest BCUT2D eigenvalue weighted by Gasteiger charge is 2.25. The SMILES string of the molecule is CSC1CCC(NC(=O)COc2cccc(N)c2)C1. The van der Waals surface area contributed by atoms with Crippen LogP contribution in [0.4, 0.5) is 5.69 Å². The number of ether oxygens (including phenoxy) is 1. The highest BCUT2D eigenvalue weighted by atomic mass is 32.2. The maximum absolute atomic E-state index is 11.8. The zero-order valence-corrected chi connectivity index (χ0v) is 11.9. The van der Waals surface area contributed by atoms with Crippen LogP contribution in [0.5, 0.6) is 5.75 Å². The van der Waals surface area contributed by atoms with E-state index in [0.717, 1.165) is 12.8 Å². The summed E-state index contributed by atoms with van der Waals surface area (Å²) in [4.78, 5) is 11.8. The first-order valence-electron chi connectivity index (χ1n) is 6.48. The van der Waals surface area contributed by atoms with Gasteiger partial charge in [-0.2, -0.15) is 11.8 Å². The van der Waals surface area contributed by atoms with Gasteiger partial charge < -0.3 is 15.8 Å². The summed E-state index contributed by atoms with van der Waals surface area (Å²) >= 11 is 1.88. The van der Waals surface area contributed by atoms with E-state index >= 15 is 0 Å². The lowest BCUT2D eigenvalue weighted by atomic mass is 10.2. The maximum atomic E-state index is 11.8. The number of anilines is 1. The lowest BCUT2D eigenvalue weighted by molar-refractivity contribution is -0.123. The molecule has 0 aromatic heterocycles. The fourth-order valence-corrected chi connectivity index (χ4v) is 3.10. The molecule has 2 unspecified atom stereocenters. The molecule has 0 heterocycles. The quantitative estimate of drug-likeness (QED) is 0.810. The summed E-state index contributed by atoms with van der Waals surface area (Å²) in [7, 11) is 0. The van der Waals surface area contributed by atoms with E-state index in [0.29, 0.717) is 22.7 Å². The van der Waals surface area contributed by atoms with Crippen molar-refractivity contribution in [3.8, 4) is 5.75 Å². The Labute approximate surface area is 118 Å². The van der Waals surface area contributed by atoms with Gasteiger partial charge in [-0.15, -0.1) is 0 Å². The zero-order valence-electron chi connectivity index (χ0n) is 11.1. The molecule has 2 atom stereocenters. The van der Waals surface area contributed by atoms with Crippen molar-refractivity contribution >= 4 is 23.4 Å². The van der Waals surface area contributed by atoms with Crippen molar-refractivity contribution in [3.05, 3.63) is 24.3 Å². The Kier molecular flexibility index (Phi) is 4.96. The summed E-state index contributed by atoms with van der Waals surface area (Å²) in [6.45, 7) is 0.0455. The van der Waals surface area contributed by atoms with Crippen molar-refractivity contribution < 1.29 is 9.53 Å². The third-order valence-electron chi connectivity index (χ3n) is 3.31. The Morgan fingerprint density at radius 1 is 1.53 bits per heavy atom. The predicted octanol–water partition coefficient (Wildman–Crippen LogP) is 2.05. The van der Waals surface area contributed by atoms with Crippen molar-refractivity contribution in [1.82, 2.24) is 5.32 Å². The molecule has 1 saturated carbocycles. The van der Waals surface area contributed by atoms with E-state index in [1.54, 1.807) is 18.2 Å². The van der Waals surface area contributed by atoms with Crippen LogP contribution < -0.4 is 15.8 Å². The van der Waals surface area contributed by atoms with E-state index < -0.39 is 0 Å². The highest BCUT2D eigenvalue weighted by Crippen LogP contribution is 2.28. The molecule has 5 heteroatoms. The second-order valence-electron chi connectivity index (χ2n) is 4.80. The number of amides is 1. The largest absolute Gasteiger partial charge is 0.484 e. The molecule has 0 bridgehead atoms. The molecule has 1 aliphatic carbocycles. The van der Waals surface area contributed by atoms with Gasteiger partial charge in [-0.3, -0.25) is 4.79 Å². The molecule has 1 aromatic rings. The molecule has 3 N–H and O–H groups in total. The number of benzene rings is 1. The first-order chi connectivity index (χ1) is 9.17. The van der Waals surface area contributed by atoms with Gasteiger partial charge in [0.15, 0.2) is 6.61 Å². The smallest absolute Gasteiger partial charge is 0.258 e. The van der Waals surface area contributed by atoms with Crippen LogP contribution in [0.3, 0.4) is 0 Å². The molecule has 0 saturated heterocycles. The van der Waals surface area contributed by atoms with Gasteiger partial charge in [-0.05, 0) is 37.7 Å². The monoisotopic (exact) mass is 280 g/mol. The summed E-state index contributed by atoms with van der Waals surface area (Å²) in [6, 6.07) is 7.40. The van der Waals surface area contributed by atoms with Crippen molar-refractivity contribution in [1.29, 1.82) is 0 Å². The number of carbonyl (C=O) groups excluding carboxylic acids is 1. The molecular weight excluding hydrogens is 260 g/mol. The minimum absolute atomic E-state index is 0.0455. The van der Waals surface area contributed by atoms with Gasteiger partial charge in [0, 0.05) is 23.0 Å². The van der Waals surface area contributed by atoms with Gasteiger partial charge in [0.25, 0.3) is 5.91 Å². The summed E-state index contributed by atoms with van der Waals surface area (Å²) in [6.07, 6.45) is 5.43. The average Bonchev–Trinajstić information content (AvgIpc) is 2.84. The number of thioether (sulfide) groups is 1. The van der Waals surface area contributed by atoms with Gasteiger partial charge >= 0.3 is 0 Å². The van der Waals surface area contributed by atoms with Crippen LogP contribution in [0.15, 0.2) is 24.3 Å². The Bertz CT molecular complexity index is 439. The molecule has 1 fully saturated rings. The summed E-state index contributed by atoms with van der Waals surface area (Å²) in [5, 5.41) is 3.70. The Morgan fingerprint density at radius 3 is 3.05 bits per heavy atom. The summed E-state index contributed by atoms with van der Waals surface area (Å²) in [5.74, 6) is 0.567. The summed E-state index contributed by atoms with van der Waals surface area (Å²) in [5.41, 5.74) is 6.28. The van der Waals surface area contributed by atoms with E-state index in [-0.39, 0.29) is 12.5 Å². The second kappa shape index (κ2) is 6.70. The minimum atomic E-state index is -0.0609. The molecule has 0 radical (unpaired) electrons. The Morgan fingerprint density at radius 2 is 2.37 bits per heavy atom. The average molecular weight is 280 g/mol. The van der Waals surface area contributed by atoms with Gasteiger partial charge in [0.1, 0.15) is 5.75 Å². The number of nitrogen functional groups attached to an aromatic ring is 1. The van der Waals surface area contributed by atoms with Crippen LogP contribution in [-0.2, 0) is 4.79 Å². The van der Waals surface area contributed by atoms with Crippen LogP contribution in [0.2, 0.25) is 0 Å². The van der Waals surface area contributed by atoms with Crippen molar-refractivity contribution in [2.24, 2.45) is 0 Å².